The van der Waals surface area contributed by atoms with Crippen molar-refractivity contribution in [2.45, 2.75) is 13.0 Å². The minimum absolute atomic E-state index is 0.715. The molecule has 1 saturated heterocycles. The van der Waals surface area contributed by atoms with Crippen LogP contribution in [0.15, 0.2) is 18.2 Å². The van der Waals surface area contributed by atoms with Crippen molar-refractivity contribution in [1.82, 2.24) is 10.2 Å². The Morgan fingerprint density at radius 2 is 2.29 bits per heavy atom. The second-order valence-electron chi connectivity index (χ2n) is 5.22. The van der Waals surface area contributed by atoms with E-state index in [1.165, 1.54) is 24.2 Å². The summed E-state index contributed by atoms with van der Waals surface area (Å²) < 4.78 is 5.99. The number of nitrogens with zero attached hydrogens (tertiary/aromatic N) is 1. The lowest BCUT2D eigenvalue weighted by molar-refractivity contribution is 0.0852. The van der Waals surface area contributed by atoms with E-state index >= 15 is 0 Å². The molecule has 3 nitrogen and oxygen atoms in total. The number of hydrogen-bond acceptors (Lipinski definition) is 3. The van der Waals surface area contributed by atoms with Crippen LogP contribution in [0.5, 0.6) is 5.75 Å². The molecule has 0 amide bonds. The van der Waals surface area contributed by atoms with E-state index in [1.807, 2.05) is 0 Å². The first-order chi connectivity index (χ1) is 8.33. The van der Waals surface area contributed by atoms with Gasteiger partial charge in [0, 0.05) is 31.1 Å². The summed E-state index contributed by atoms with van der Waals surface area (Å²) in [7, 11) is 2.16. The molecule has 2 aliphatic heterocycles. The topological polar surface area (TPSA) is 24.5 Å². The van der Waals surface area contributed by atoms with Gasteiger partial charge in [-0.3, -0.25) is 0 Å². The Morgan fingerprint density at radius 3 is 3.12 bits per heavy atom. The molecular weight excluding hydrogens is 212 g/mol. The molecule has 1 aromatic carbocycles. The number of rotatable bonds is 3. The first kappa shape index (κ1) is 11.1. The first-order valence-corrected chi connectivity index (χ1v) is 6.46. The highest BCUT2D eigenvalue weighted by Crippen LogP contribution is 2.26. The average Bonchev–Trinajstić information content (AvgIpc) is 2.33. The highest BCUT2D eigenvalue weighted by Gasteiger charge is 2.24. The molecule has 92 valence electrons. The average molecular weight is 232 g/mol. The van der Waals surface area contributed by atoms with Crippen LogP contribution in [0, 0.1) is 5.92 Å². The van der Waals surface area contributed by atoms with Gasteiger partial charge in [0.05, 0.1) is 6.61 Å². The van der Waals surface area contributed by atoms with Crippen molar-refractivity contribution in [2.75, 3.05) is 33.3 Å². The van der Waals surface area contributed by atoms with Gasteiger partial charge in [0.2, 0.25) is 0 Å². The molecule has 0 saturated carbocycles. The molecule has 1 aromatic rings. The number of benzene rings is 1. The van der Waals surface area contributed by atoms with Gasteiger partial charge in [0.1, 0.15) is 5.75 Å². The fourth-order valence-electron chi connectivity index (χ4n) is 2.76. The number of likely N-dealkylation sites (tertiary alicyclic amines) is 1. The number of fused-ring (bicyclic) bond motifs is 1. The van der Waals surface area contributed by atoms with Crippen LogP contribution < -0.4 is 10.1 Å². The number of ether oxygens (including phenoxy) is 1. The predicted octanol–water partition coefficient (Wildman–Crippen LogP) is 1.27. The number of nitrogens with one attached hydrogen (secondary N) is 1. The lowest BCUT2D eigenvalue weighted by Crippen LogP contribution is -2.46. The van der Waals surface area contributed by atoms with Crippen LogP contribution >= 0.6 is 0 Å². The maximum atomic E-state index is 5.99. The molecule has 0 aromatic heterocycles. The van der Waals surface area contributed by atoms with Gasteiger partial charge in [-0.2, -0.15) is 0 Å². The molecule has 0 spiro atoms. The van der Waals surface area contributed by atoms with E-state index in [-0.39, 0.29) is 0 Å². The Morgan fingerprint density at radius 1 is 1.41 bits per heavy atom. The molecule has 0 radical (unpaired) electrons. The SMILES string of the molecule is CN1CC(COc2cccc3c2CNCC3)C1. The van der Waals surface area contributed by atoms with Gasteiger partial charge >= 0.3 is 0 Å². The molecule has 0 atom stereocenters. The van der Waals surface area contributed by atoms with E-state index in [1.54, 1.807) is 0 Å². The summed E-state index contributed by atoms with van der Waals surface area (Å²) in [6, 6.07) is 6.45. The van der Waals surface area contributed by atoms with Gasteiger partial charge in [0.25, 0.3) is 0 Å². The summed E-state index contributed by atoms with van der Waals surface area (Å²) in [5.74, 6) is 1.80. The van der Waals surface area contributed by atoms with Gasteiger partial charge in [0.15, 0.2) is 0 Å². The monoisotopic (exact) mass is 232 g/mol. The Balaban J connectivity index is 1.66. The van der Waals surface area contributed by atoms with Gasteiger partial charge < -0.3 is 15.0 Å². The van der Waals surface area contributed by atoms with E-state index in [9.17, 15) is 0 Å². The largest absolute Gasteiger partial charge is 0.493 e. The minimum Gasteiger partial charge on any atom is -0.493 e. The lowest BCUT2D eigenvalue weighted by Gasteiger charge is -2.36. The van der Waals surface area contributed by atoms with Crippen LogP contribution in [-0.4, -0.2) is 38.2 Å². The summed E-state index contributed by atoms with van der Waals surface area (Å²) in [5.41, 5.74) is 2.82. The lowest BCUT2D eigenvalue weighted by atomic mass is 10.00. The van der Waals surface area contributed by atoms with Crippen molar-refractivity contribution in [1.29, 1.82) is 0 Å². The van der Waals surface area contributed by atoms with Crippen molar-refractivity contribution in [3.8, 4) is 5.75 Å². The smallest absolute Gasteiger partial charge is 0.124 e. The molecule has 0 bridgehead atoms. The zero-order valence-corrected chi connectivity index (χ0v) is 10.4. The van der Waals surface area contributed by atoms with Crippen molar-refractivity contribution in [3.63, 3.8) is 0 Å². The molecule has 2 heterocycles. The summed E-state index contributed by atoms with van der Waals surface area (Å²) >= 11 is 0. The quantitative estimate of drug-likeness (QED) is 0.849. The highest BCUT2D eigenvalue weighted by atomic mass is 16.5. The summed E-state index contributed by atoms with van der Waals surface area (Å²) in [4.78, 5) is 2.33. The maximum absolute atomic E-state index is 5.99. The normalized spacial score (nSPS) is 20.8. The van der Waals surface area contributed by atoms with E-state index in [2.05, 4.69) is 35.5 Å². The Bertz CT molecular complexity index is 399. The van der Waals surface area contributed by atoms with Crippen LogP contribution in [0.4, 0.5) is 0 Å². The van der Waals surface area contributed by atoms with Crippen LogP contribution in [0.3, 0.4) is 0 Å². The molecule has 0 unspecified atom stereocenters. The van der Waals surface area contributed by atoms with Crippen LogP contribution in [-0.2, 0) is 13.0 Å². The molecule has 2 aliphatic rings. The minimum atomic E-state index is 0.715. The fourth-order valence-corrected chi connectivity index (χ4v) is 2.76. The zero-order chi connectivity index (χ0) is 11.7. The zero-order valence-electron chi connectivity index (χ0n) is 10.4. The molecule has 3 rings (SSSR count). The van der Waals surface area contributed by atoms with Gasteiger partial charge in [-0.25, -0.2) is 0 Å². The summed E-state index contributed by atoms with van der Waals surface area (Å²) in [6.07, 6.45) is 1.12. The molecule has 17 heavy (non-hydrogen) atoms. The molecule has 3 heteroatoms. The molecule has 0 aliphatic carbocycles. The second-order valence-corrected chi connectivity index (χ2v) is 5.22. The van der Waals surface area contributed by atoms with Crippen LogP contribution in [0.25, 0.3) is 0 Å². The van der Waals surface area contributed by atoms with Gasteiger partial charge in [-0.15, -0.1) is 0 Å². The third-order valence-electron chi connectivity index (χ3n) is 3.72. The van der Waals surface area contributed by atoms with Crippen LogP contribution in [0.1, 0.15) is 11.1 Å². The predicted molar refractivity (Wildman–Crippen MR) is 68.3 cm³/mol. The van der Waals surface area contributed by atoms with Gasteiger partial charge in [-0.1, -0.05) is 12.1 Å². The Kier molecular flexibility index (Phi) is 3.04. The van der Waals surface area contributed by atoms with E-state index < -0.39 is 0 Å². The fraction of sp³-hybridized carbons (Fsp3) is 0.571. The number of hydrogen-bond donors (Lipinski definition) is 1. The van der Waals surface area contributed by atoms with E-state index in [0.29, 0.717) is 5.92 Å². The standard InChI is InChI=1S/C14H20N2O/c1-16-8-11(9-16)10-17-14-4-2-3-12-5-6-15-7-13(12)14/h2-4,11,15H,5-10H2,1H3. The third-order valence-corrected chi connectivity index (χ3v) is 3.72. The second kappa shape index (κ2) is 4.67. The summed E-state index contributed by atoms with van der Waals surface area (Å²) in [6.45, 7) is 5.25. The molecular formula is C14H20N2O. The third kappa shape index (κ3) is 2.31. The first-order valence-electron chi connectivity index (χ1n) is 6.46. The molecule has 1 N–H and O–H groups in total. The van der Waals surface area contributed by atoms with Crippen LogP contribution in [0.2, 0.25) is 0 Å². The Labute approximate surface area is 103 Å². The van der Waals surface area contributed by atoms with Crippen molar-refractivity contribution in [3.05, 3.63) is 29.3 Å². The van der Waals surface area contributed by atoms with E-state index in [0.717, 1.165) is 31.9 Å². The van der Waals surface area contributed by atoms with Gasteiger partial charge in [-0.05, 0) is 31.6 Å². The van der Waals surface area contributed by atoms with Crippen molar-refractivity contribution >= 4 is 0 Å². The highest BCUT2D eigenvalue weighted by molar-refractivity contribution is 5.41. The Hall–Kier alpha value is -1.06. The van der Waals surface area contributed by atoms with E-state index in [4.69, 9.17) is 4.74 Å². The maximum Gasteiger partial charge on any atom is 0.124 e. The van der Waals surface area contributed by atoms with Crippen molar-refractivity contribution in [2.24, 2.45) is 5.92 Å². The molecule has 1 fully saturated rings. The van der Waals surface area contributed by atoms with Crippen molar-refractivity contribution < 1.29 is 4.74 Å². The summed E-state index contributed by atoms with van der Waals surface area (Å²) in [5, 5.41) is 3.42.